The molecule has 1 heterocycles. The Hall–Kier alpha value is -1.14. The maximum absolute atomic E-state index is 12.8. The van der Waals surface area contributed by atoms with Crippen LogP contribution in [-0.4, -0.2) is 28.9 Å². The van der Waals surface area contributed by atoms with E-state index < -0.39 is 0 Å². The fraction of sp³-hybridized carbons (Fsp3) is 0.412. The third-order valence-electron chi connectivity index (χ3n) is 3.52. The molecule has 1 aromatic heterocycles. The second-order valence-corrected chi connectivity index (χ2v) is 6.69. The molecule has 0 aliphatic rings. The number of nitrogens with zero attached hydrogens (tertiary/aromatic N) is 2. The van der Waals surface area contributed by atoms with Crippen molar-refractivity contribution in [2.24, 2.45) is 5.73 Å². The number of aromatic nitrogens is 1. The molecule has 0 spiro atoms. The Bertz CT molecular complexity index is 648. The first-order chi connectivity index (χ1) is 11.2. The highest BCUT2D eigenvalue weighted by molar-refractivity contribution is 7.09. The number of nitrogens with two attached hydrogens (primary N) is 1. The number of benzene rings is 1. The first-order valence-corrected chi connectivity index (χ1v) is 9.08. The van der Waals surface area contributed by atoms with Gasteiger partial charge in [-0.25, -0.2) is 4.98 Å². The van der Waals surface area contributed by atoms with E-state index in [0.717, 1.165) is 23.4 Å². The monoisotopic (exact) mass is 387 g/mol. The minimum absolute atomic E-state index is 0. The van der Waals surface area contributed by atoms with E-state index in [1.54, 1.807) is 0 Å². The summed E-state index contributed by atoms with van der Waals surface area (Å²) in [5, 5.41) is 3.41. The highest BCUT2D eigenvalue weighted by Crippen LogP contribution is 2.19. The molecular formula is C17H23Cl2N3OS. The number of carbonyl (C=O) groups excluding carboxylic acids is 1. The third kappa shape index (κ3) is 5.74. The van der Waals surface area contributed by atoms with Crippen LogP contribution in [-0.2, 0) is 13.0 Å². The topological polar surface area (TPSA) is 59.2 Å². The lowest BCUT2D eigenvalue weighted by Crippen LogP contribution is -2.32. The molecule has 0 saturated carbocycles. The van der Waals surface area contributed by atoms with Crippen LogP contribution < -0.4 is 5.73 Å². The molecule has 1 amide bonds. The van der Waals surface area contributed by atoms with Crippen LogP contribution in [0.3, 0.4) is 0 Å². The van der Waals surface area contributed by atoms with Crippen molar-refractivity contribution in [1.29, 1.82) is 0 Å². The summed E-state index contributed by atoms with van der Waals surface area (Å²) in [6.07, 6.45) is 2.69. The van der Waals surface area contributed by atoms with Crippen LogP contribution in [0.5, 0.6) is 0 Å². The zero-order valence-electron chi connectivity index (χ0n) is 13.7. The predicted octanol–water partition coefficient (Wildman–Crippen LogP) is 4.16. The Morgan fingerprint density at radius 1 is 1.38 bits per heavy atom. The van der Waals surface area contributed by atoms with Crippen LogP contribution in [0, 0.1) is 0 Å². The lowest BCUT2D eigenvalue weighted by atomic mass is 10.2. The average molecular weight is 388 g/mol. The van der Waals surface area contributed by atoms with Crippen molar-refractivity contribution in [3.8, 4) is 0 Å². The Morgan fingerprint density at radius 3 is 2.79 bits per heavy atom. The van der Waals surface area contributed by atoms with Gasteiger partial charge in [0.1, 0.15) is 5.69 Å². The Balaban J connectivity index is 0.00000288. The summed E-state index contributed by atoms with van der Waals surface area (Å²) in [6.45, 7) is 3.85. The van der Waals surface area contributed by atoms with Crippen molar-refractivity contribution >= 4 is 41.3 Å². The lowest BCUT2D eigenvalue weighted by molar-refractivity contribution is 0.0735. The lowest BCUT2D eigenvalue weighted by Gasteiger charge is -2.22. The van der Waals surface area contributed by atoms with Gasteiger partial charge in [0.05, 0.1) is 5.01 Å². The van der Waals surface area contributed by atoms with Crippen LogP contribution in [0.25, 0.3) is 0 Å². The van der Waals surface area contributed by atoms with Gasteiger partial charge < -0.3 is 10.6 Å². The van der Waals surface area contributed by atoms with Crippen LogP contribution in [0.4, 0.5) is 0 Å². The number of amides is 1. The highest BCUT2D eigenvalue weighted by Gasteiger charge is 2.19. The third-order valence-corrected chi connectivity index (χ3v) is 4.79. The summed E-state index contributed by atoms with van der Waals surface area (Å²) in [7, 11) is 0. The molecule has 0 atom stereocenters. The predicted molar refractivity (Wildman–Crippen MR) is 103 cm³/mol. The average Bonchev–Trinajstić information content (AvgIpc) is 3.01. The quantitative estimate of drug-likeness (QED) is 0.739. The van der Waals surface area contributed by atoms with Crippen LogP contribution in [0.15, 0.2) is 29.6 Å². The molecule has 0 aliphatic heterocycles. The number of carbonyl (C=O) groups is 1. The number of thiazole rings is 1. The second kappa shape index (κ2) is 10.7. The summed E-state index contributed by atoms with van der Waals surface area (Å²) in [4.78, 5) is 19.0. The van der Waals surface area contributed by atoms with Crippen LogP contribution >= 0.6 is 35.3 Å². The summed E-state index contributed by atoms with van der Waals surface area (Å²) < 4.78 is 0. The SMILES string of the molecule is CCCCN(Cc1ccccc1Cl)C(=O)c1csc(CCN)n1.Cl. The number of halogens is 2. The van der Waals surface area contributed by atoms with Gasteiger partial charge >= 0.3 is 0 Å². The molecule has 7 heteroatoms. The second-order valence-electron chi connectivity index (χ2n) is 5.34. The maximum atomic E-state index is 12.8. The molecule has 132 valence electrons. The van der Waals surface area contributed by atoms with Crippen LogP contribution in [0.2, 0.25) is 5.02 Å². The molecule has 1 aromatic carbocycles. The smallest absolute Gasteiger partial charge is 0.273 e. The summed E-state index contributed by atoms with van der Waals surface area (Å²) in [5.74, 6) is -0.0436. The summed E-state index contributed by atoms with van der Waals surface area (Å²) in [5.41, 5.74) is 7.00. The highest BCUT2D eigenvalue weighted by atomic mass is 35.5. The van der Waals surface area contributed by atoms with Gasteiger partial charge in [0, 0.05) is 29.9 Å². The molecule has 0 fully saturated rings. The van der Waals surface area contributed by atoms with E-state index in [2.05, 4.69) is 11.9 Å². The van der Waals surface area contributed by atoms with Gasteiger partial charge in [-0.15, -0.1) is 23.7 Å². The molecule has 24 heavy (non-hydrogen) atoms. The Kier molecular flexibility index (Phi) is 9.29. The normalized spacial score (nSPS) is 10.3. The number of hydrogen-bond acceptors (Lipinski definition) is 4. The first kappa shape index (κ1) is 20.9. The zero-order chi connectivity index (χ0) is 16.7. The van der Waals surface area contributed by atoms with Crippen molar-refractivity contribution < 1.29 is 4.79 Å². The largest absolute Gasteiger partial charge is 0.333 e. The van der Waals surface area contributed by atoms with Crippen molar-refractivity contribution in [3.05, 3.63) is 50.9 Å². The molecule has 0 aliphatic carbocycles. The Labute approximate surface area is 158 Å². The van der Waals surface area contributed by atoms with Gasteiger partial charge in [-0.05, 0) is 24.6 Å². The van der Waals surface area contributed by atoms with E-state index in [4.69, 9.17) is 17.3 Å². The molecule has 0 bridgehead atoms. The minimum atomic E-state index is -0.0436. The fourth-order valence-electron chi connectivity index (χ4n) is 2.24. The zero-order valence-corrected chi connectivity index (χ0v) is 16.1. The van der Waals surface area contributed by atoms with Gasteiger partial charge in [-0.1, -0.05) is 43.1 Å². The molecule has 0 saturated heterocycles. The van der Waals surface area contributed by atoms with Gasteiger partial charge in [-0.3, -0.25) is 4.79 Å². The van der Waals surface area contributed by atoms with Crippen molar-refractivity contribution in [2.45, 2.75) is 32.7 Å². The molecule has 2 N–H and O–H groups in total. The van der Waals surface area contributed by atoms with Crippen molar-refractivity contribution in [2.75, 3.05) is 13.1 Å². The van der Waals surface area contributed by atoms with E-state index in [1.165, 1.54) is 11.3 Å². The maximum Gasteiger partial charge on any atom is 0.273 e. The summed E-state index contributed by atoms with van der Waals surface area (Å²) >= 11 is 7.72. The molecular weight excluding hydrogens is 365 g/mol. The number of rotatable bonds is 8. The summed E-state index contributed by atoms with van der Waals surface area (Å²) in [6, 6.07) is 7.63. The molecule has 4 nitrogen and oxygen atoms in total. The number of hydrogen-bond donors (Lipinski definition) is 1. The number of unbranched alkanes of at least 4 members (excludes halogenated alkanes) is 1. The van der Waals surface area contributed by atoms with Gasteiger partial charge in [0.15, 0.2) is 0 Å². The standard InChI is InChI=1S/C17H22ClN3OS.ClH/c1-2-3-10-21(11-13-6-4-5-7-14(13)18)17(22)15-12-23-16(20-15)8-9-19;/h4-7,12H,2-3,8-11,19H2,1H3;1H. The van der Waals surface area contributed by atoms with Gasteiger partial charge in [-0.2, -0.15) is 0 Å². The van der Waals surface area contributed by atoms with E-state index >= 15 is 0 Å². The van der Waals surface area contributed by atoms with E-state index in [9.17, 15) is 4.79 Å². The van der Waals surface area contributed by atoms with E-state index in [-0.39, 0.29) is 18.3 Å². The molecule has 0 unspecified atom stereocenters. The molecule has 0 radical (unpaired) electrons. The van der Waals surface area contributed by atoms with Crippen LogP contribution in [0.1, 0.15) is 40.8 Å². The minimum Gasteiger partial charge on any atom is -0.333 e. The molecule has 2 aromatic rings. The van der Waals surface area contributed by atoms with E-state index in [0.29, 0.717) is 36.8 Å². The van der Waals surface area contributed by atoms with E-state index in [1.807, 2.05) is 34.5 Å². The van der Waals surface area contributed by atoms with Crippen molar-refractivity contribution in [3.63, 3.8) is 0 Å². The van der Waals surface area contributed by atoms with Crippen molar-refractivity contribution in [1.82, 2.24) is 9.88 Å². The van der Waals surface area contributed by atoms with Gasteiger partial charge in [0.2, 0.25) is 0 Å². The molecule has 2 rings (SSSR count). The first-order valence-electron chi connectivity index (χ1n) is 7.82. The van der Waals surface area contributed by atoms with Gasteiger partial charge in [0.25, 0.3) is 5.91 Å². The Morgan fingerprint density at radius 2 is 2.12 bits per heavy atom. The fourth-order valence-corrected chi connectivity index (χ4v) is 3.23.